The molecule has 0 bridgehead atoms. The van der Waals surface area contributed by atoms with E-state index >= 15 is 0 Å². The zero-order valence-corrected chi connectivity index (χ0v) is 44.1. The molecule has 1 saturated heterocycles. The Balaban J connectivity index is 0.000000231. The summed E-state index contributed by atoms with van der Waals surface area (Å²) in [4.78, 5) is 117. The molecule has 22 heteroatoms. The predicted molar refractivity (Wildman–Crippen MR) is 284 cm³/mol. The van der Waals surface area contributed by atoms with Crippen molar-refractivity contribution >= 4 is 76.5 Å². The summed E-state index contributed by atoms with van der Waals surface area (Å²) >= 11 is 4.11. The number of cyclic esters (lactones) is 1. The first kappa shape index (κ1) is 56.9. The highest BCUT2D eigenvalue weighted by Crippen LogP contribution is 2.45. The lowest BCUT2D eigenvalue weighted by atomic mass is 9.79. The molecule has 4 aliphatic rings. The van der Waals surface area contributed by atoms with Gasteiger partial charge in [-0.25, -0.2) is 19.1 Å². The van der Waals surface area contributed by atoms with Crippen molar-refractivity contribution in [3.05, 3.63) is 127 Å². The number of nitrogens with one attached hydrogen (secondary N) is 5. The SMILES string of the molecule is CC.COCNC(=O)CNC(=O)[C@H](Cc1ccccc1)NC(=O)CNC(=O)CNC(=O)CCc1ccc(N2C(=O)CC(S)C2=O)cc1.Cc1c(F)cc2nc3c(c4c2c1CCC4C)Cn1c-3cc2c(c1=O)COC(=O)C2O. The lowest BCUT2D eigenvalue weighted by Crippen LogP contribution is -2.52. The molecule has 1 aliphatic carbocycles. The molecule has 5 heterocycles. The fourth-order valence-corrected chi connectivity index (χ4v) is 9.88. The second-order valence-corrected chi connectivity index (χ2v) is 19.2. The van der Waals surface area contributed by atoms with Gasteiger partial charge in [-0.15, -0.1) is 0 Å². The molecule has 0 radical (unpaired) electrons. The van der Waals surface area contributed by atoms with E-state index in [9.17, 15) is 52.6 Å². The molecule has 6 N–H and O–H groups in total. The van der Waals surface area contributed by atoms with Gasteiger partial charge in [0.1, 0.15) is 25.2 Å². The molecule has 9 rings (SSSR count). The third kappa shape index (κ3) is 12.9. The summed E-state index contributed by atoms with van der Waals surface area (Å²) in [6, 6.07) is 17.7. The number of rotatable bonds is 16. The average Bonchev–Trinajstić information content (AvgIpc) is 4.03. The zero-order chi connectivity index (χ0) is 55.7. The zero-order valence-electron chi connectivity index (χ0n) is 43.3. The van der Waals surface area contributed by atoms with Crippen molar-refractivity contribution in [1.29, 1.82) is 0 Å². The minimum absolute atomic E-state index is 0.0165. The molecule has 406 valence electrons. The number of carbonyl (C=O) groups excluding carboxylic acids is 8. The molecule has 7 amide bonds. The van der Waals surface area contributed by atoms with Crippen LogP contribution in [0.25, 0.3) is 22.3 Å². The molecule has 4 atom stereocenters. The van der Waals surface area contributed by atoms with Crippen molar-refractivity contribution in [2.24, 2.45) is 0 Å². The van der Waals surface area contributed by atoms with Gasteiger partial charge in [0.05, 0.1) is 59.6 Å². The summed E-state index contributed by atoms with van der Waals surface area (Å²) in [6.07, 6.45) is 0.855. The number of thiol groups is 1. The monoisotopic (exact) mass is 1080 g/mol. The number of aliphatic hydroxyl groups is 1. The Bertz CT molecular complexity index is 3190. The van der Waals surface area contributed by atoms with Crippen molar-refractivity contribution in [2.45, 2.75) is 103 Å². The average molecular weight is 1080 g/mol. The highest BCUT2D eigenvalue weighted by molar-refractivity contribution is 7.82. The van der Waals surface area contributed by atoms with Crippen LogP contribution < -0.4 is 37.0 Å². The first-order valence-electron chi connectivity index (χ1n) is 25.2. The Hall–Kier alpha value is -7.82. The number of anilines is 1. The van der Waals surface area contributed by atoms with Crippen LogP contribution in [-0.2, 0) is 80.2 Å². The maximum atomic E-state index is 14.6. The van der Waals surface area contributed by atoms with Crippen molar-refractivity contribution in [1.82, 2.24) is 36.1 Å². The van der Waals surface area contributed by atoms with Crippen LogP contribution >= 0.6 is 12.6 Å². The Morgan fingerprint density at radius 1 is 0.870 bits per heavy atom. The molecule has 0 saturated carbocycles. The van der Waals surface area contributed by atoms with E-state index in [1.807, 2.05) is 26.8 Å². The minimum atomic E-state index is -1.49. The van der Waals surface area contributed by atoms with E-state index in [4.69, 9.17) is 14.5 Å². The number of aromatic nitrogens is 2. The standard InChI is InChI=1S/C30H36N6O8S.C23H19FN2O4.C2H6/c1-44-18-34-26(39)16-33-29(42)22(13-20-5-3-2-4-6-20)35-27(40)17-32-25(38)15-31-24(37)12-9-19-7-10-21(11-8-19)36-28(41)14-23(45)30(36)43;1-9-3-4-11-10(2)15(24)6-16-19(11)18(9)13-7-26-17(20(13)25-16)5-12-14(22(26)28)8-30-23(29)21(12)27;1-2/h2-8,10-11,22-23,45H,9,12-18H2,1H3,(H,31,37)(H,32,38)(H,33,42)(H,34,39)(H,35,40);5-6,9,21,27H,3-4,7-8H2,1-2H3;1-2H3/t22-,23?;;/m0../s1. The highest BCUT2D eigenvalue weighted by atomic mass is 32.1. The van der Waals surface area contributed by atoms with Crippen LogP contribution in [0.15, 0.2) is 71.5 Å². The summed E-state index contributed by atoms with van der Waals surface area (Å²) in [5, 5.41) is 23.0. The van der Waals surface area contributed by atoms with Gasteiger partial charge in [-0.3, -0.25) is 38.4 Å². The lowest BCUT2D eigenvalue weighted by Gasteiger charge is -2.26. The van der Waals surface area contributed by atoms with E-state index < -0.39 is 59.4 Å². The molecule has 3 aromatic carbocycles. The van der Waals surface area contributed by atoms with Crippen molar-refractivity contribution in [3.8, 4) is 11.4 Å². The van der Waals surface area contributed by atoms with Gasteiger partial charge in [0, 0.05) is 49.0 Å². The van der Waals surface area contributed by atoms with Crippen molar-refractivity contribution in [3.63, 3.8) is 0 Å². The molecule has 3 unspecified atom stereocenters. The Labute approximate surface area is 448 Å². The van der Waals surface area contributed by atoms with Gasteiger partial charge < -0.3 is 45.7 Å². The largest absolute Gasteiger partial charge is 0.458 e. The molecule has 0 spiro atoms. The number of imide groups is 1. The number of carbonyl (C=O) groups is 8. The van der Waals surface area contributed by atoms with Gasteiger partial charge in [-0.05, 0) is 78.1 Å². The summed E-state index contributed by atoms with van der Waals surface area (Å²) in [7, 11) is 1.41. The van der Waals surface area contributed by atoms with E-state index in [0.717, 1.165) is 50.9 Å². The van der Waals surface area contributed by atoms with Crippen LogP contribution in [-0.4, -0.2) is 107 Å². The van der Waals surface area contributed by atoms with Crippen molar-refractivity contribution < 1.29 is 57.3 Å². The summed E-state index contributed by atoms with van der Waals surface area (Å²) in [5.41, 5.74) is 7.85. The summed E-state index contributed by atoms with van der Waals surface area (Å²) in [5.74, 6) is -4.16. The van der Waals surface area contributed by atoms with Crippen LogP contribution in [0.2, 0.25) is 0 Å². The molecule has 2 aromatic heterocycles. The molecule has 1 fully saturated rings. The van der Waals surface area contributed by atoms with E-state index in [1.54, 1.807) is 59.2 Å². The number of pyridine rings is 2. The molecular formula is C55H61FN8O12S. The normalized spacial score (nSPS) is 17.0. The maximum Gasteiger partial charge on any atom is 0.340 e. The number of aryl methyl sites for hydroxylation is 2. The molecule has 20 nitrogen and oxygen atoms in total. The fourth-order valence-electron chi connectivity index (χ4n) is 9.61. The molecule has 77 heavy (non-hydrogen) atoms. The third-order valence-corrected chi connectivity index (χ3v) is 14.0. The van der Waals surface area contributed by atoms with Crippen molar-refractivity contribution in [2.75, 3.05) is 38.4 Å². The number of ether oxygens (including phenoxy) is 2. The topological polar surface area (TPSA) is 274 Å². The number of benzene rings is 3. The molecule has 3 aliphatic heterocycles. The number of halogens is 1. The molecular weight excluding hydrogens is 1020 g/mol. The third-order valence-electron chi connectivity index (χ3n) is 13.6. The van der Waals surface area contributed by atoms with Crippen LogP contribution in [0.4, 0.5) is 10.1 Å². The van der Waals surface area contributed by atoms with Crippen LogP contribution in [0.3, 0.4) is 0 Å². The number of esters is 1. The van der Waals surface area contributed by atoms with Gasteiger partial charge >= 0.3 is 5.97 Å². The number of aliphatic hydroxyl groups excluding tert-OH is 1. The Morgan fingerprint density at radius 3 is 2.23 bits per heavy atom. The van der Waals surface area contributed by atoms with E-state index in [0.29, 0.717) is 46.7 Å². The van der Waals surface area contributed by atoms with Crippen LogP contribution in [0.5, 0.6) is 0 Å². The first-order chi connectivity index (χ1) is 36.9. The number of methoxy groups -OCH3 is 1. The van der Waals surface area contributed by atoms with Gasteiger partial charge in [-0.1, -0.05) is 63.2 Å². The first-order valence-corrected chi connectivity index (χ1v) is 25.8. The number of hydrogen-bond acceptors (Lipinski definition) is 14. The fraction of sp³-hybridized carbons (Fsp3) is 0.382. The van der Waals surface area contributed by atoms with E-state index in [-0.39, 0.29) is 80.4 Å². The second-order valence-electron chi connectivity index (χ2n) is 18.6. The maximum absolute atomic E-state index is 14.6. The predicted octanol–water partition coefficient (Wildman–Crippen LogP) is 3.02. The van der Waals surface area contributed by atoms with Crippen LogP contribution in [0.1, 0.15) is 96.6 Å². The summed E-state index contributed by atoms with van der Waals surface area (Å²) in [6.45, 7) is 7.06. The van der Waals surface area contributed by atoms with Gasteiger partial charge in [0.25, 0.3) is 5.56 Å². The Morgan fingerprint density at radius 2 is 1.55 bits per heavy atom. The minimum Gasteiger partial charge on any atom is -0.458 e. The highest BCUT2D eigenvalue weighted by Gasteiger charge is 2.38. The smallest absolute Gasteiger partial charge is 0.340 e. The van der Waals surface area contributed by atoms with Gasteiger partial charge in [0.15, 0.2) is 6.10 Å². The lowest BCUT2D eigenvalue weighted by molar-refractivity contribution is -0.157. The second kappa shape index (κ2) is 25.3. The summed E-state index contributed by atoms with van der Waals surface area (Å²) < 4.78 is 25.9. The van der Waals surface area contributed by atoms with Gasteiger partial charge in [0.2, 0.25) is 41.4 Å². The van der Waals surface area contributed by atoms with E-state index in [1.165, 1.54) is 13.2 Å². The van der Waals surface area contributed by atoms with E-state index in [2.05, 4.69) is 46.1 Å². The van der Waals surface area contributed by atoms with Crippen LogP contribution in [0, 0.1) is 12.7 Å². The Kier molecular flexibility index (Phi) is 18.7. The number of hydrogen-bond donors (Lipinski definition) is 7. The molecule has 5 aromatic rings. The van der Waals surface area contributed by atoms with Gasteiger partial charge in [-0.2, -0.15) is 12.6 Å². The number of amides is 7. The number of fused-ring (bicyclic) bond motifs is 5. The quantitative estimate of drug-likeness (QED) is 0.0318. The number of nitrogens with zero attached hydrogens (tertiary/aromatic N) is 3.